The molecule has 1 aromatic heterocycles. The van der Waals surface area contributed by atoms with Crippen molar-refractivity contribution in [3.63, 3.8) is 0 Å². The van der Waals surface area contributed by atoms with Crippen LogP contribution in [0.2, 0.25) is 0 Å². The molecule has 4 heteroatoms. The topological polar surface area (TPSA) is 28.2 Å². The minimum Gasteiger partial charge on any atom is -0.341 e. The van der Waals surface area contributed by atoms with Crippen LogP contribution in [0, 0.1) is 5.82 Å². The third-order valence-corrected chi connectivity index (χ3v) is 3.49. The lowest BCUT2D eigenvalue weighted by molar-refractivity contribution is 0.583. The summed E-state index contributed by atoms with van der Waals surface area (Å²) in [6.07, 6.45) is 1.87. The van der Waals surface area contributed by atoms with Gasteiger partial charge < -0.3 is 10.2 Å². The second-order valence-corrected chi connectivity index (χ2v) is 4.94. The van der Waals surface area contributed by atoms with Crippen LogP contribution < -0.4 is 10.2 Å². The fourth-order valence-electron chi connectivity index (χ4n) is 2.36. The third-order valence-electron chi connectivity index (χ3n) is 3.49. The first kappa shape index (κ1) is 15.4. The van der Waals surface area contributed by atoms with Gasteiger partial charge >= 0.3 is 0 Å². The maximum Gasteiger partial charge on any atom is 0.123 e. The van der Waals surface area contributed by atoms with Gasteiger partial charge in [0.1, 0.15) is 5.82 Å². The van der Waals surface area contributed by atoms with Gasteiger partial charge in [0.2, 0.25) is 0 Å². The molecule has 1 N–H and O–H groups in total. The zero-order valence-electron chi connectivity index (χ0n) is 12.8. The number of anilines is 2. The molecule has 112 valence electrons. The summed E-state index contributed by atoms with van der Waals surface area (Å²) in [5.41, 5.74) is 3.00. The van der Waals surface area contributed by atoms with Crippen LogP contribution in [0.1, 0.15) is 32.5 Å². The molecule has 0 aliphatic heterocycles. The van der Waals surface area contributed by atoms with Crippen molar-refractivity contribution in [2.45, 2.75) is 26.8 Å². The molecule has 3 nitrogen and oxygen atoms in total. The molecule has 1 heterocycles. The fraction of sp³-hybridized carbons (Fsp3) is 0.353. The number of hydrogen-bond acceptors (Lipinski definition) is 3. The smallest absolute Gasteiger partial charge is 0.123 e. The van der Waals surface area contributed by atoms with E-state index in [1.807, 2.05) is 12.3 Å². The maximum absolute atomic E-state index is 13.0. The molecule has 0 spiro atoms. The number of halogens is 1. The van der Waals surface area contributed by atoms with Crippen molar-refractivity contribution in [1.29, 1.82) is 0 Å². The highest BCUT2D eigenvalue weighted by atomic mass is 19.1. The van der Waals surface area contributed by atoms with E-state index in [-0.39, 0.29) is 11.9 Å². The molecule has 1 aromatic carbocycles. The number of pyridine rings is 1. The molecule has 0 saturated carbocycles. The van der Waals surface area contributed by atoms with Gasteiger partial charge in [0.25, 0.3) is 0 Å². The van der Waals surface area contributed by atoms with Crippen molar-refractivity contribution in [2.75, 3.05) is 18.0 Å². The Morgan fingerprint density at radius 3 is 2.29 bits per heavy atom. The molecule has 1 atom stereocenters. The first-order chi connectivity index (χ1) is 10.2. The minimum atomic E-state index is -0.220. The van der Waals surface area contributed by atoms with E-state index in [9.17, 15) is 4.39 Å². The molecule has 1 unspecified atom stereocenters. The number of rotatable bonds is 6. The van der Waals surface area contributed by atoms with Gasteiger partial charge in [-0.2, -0.15) is 0 Å². The van der Waals surface area contributed by atoms with Crippen LogP contribution in [0.5, 0.6) is 0 Å². The normalized spacial score (nSPS) is 12.2. The molecule has 0 saturated heterocycles. The first-order valence-electron chi connectivity index (χ1n) is 7.38. The molecule has 2 rings (SSSR count). The maximum atomic E-state index is 13.0. The Morgan fingerprint density at radius 2 is 1.76 bits per heavy atom. The Morgan fingerprint density at radius 1 is 1.10 bits per heavy atom. The molecule has 2 aromatic rings. The zero-order valence-corrected chi connectivity index (χ0v) is 12.8. The van der Waals surface area contributed by atoms with Gasteiger partial charge in [-0.15, -0.1) is 0 Å². The van der Waals surface area contributed by atoms with Gasteiger partial charge in [0, 0.05) is 18.3 Å². The monoisotopic (exact) mass is 287 g/mol. The lowest BCUT2D eigenvalue weighted by Gasteiger charge is -2.23. The largest absolute Gasteiger partial charge is 0.341 e. The first-order valence-corrected chi connectivity index (χ1v) is 7.38. The van der Waals surface area contributed by atoms with Crippen LogP contribution in [-0.2, 0) is 0 Å². The third kappa shape index (κ3) is 3.79. The number of nitrogens with zero attached hydrogens (tertiary/aromatic N) is 2. The highest BCUT2D eigenvalue weighted by Gasteiger charge is 2.10. The lowest BCUT2D eigenvalue weighted by Crippen LogP contribution is -2.20. The molecule has 0 amide bonds. The summed E-state index contributed by atoms with van der Waals surface area (Å²) in [5, 5.41) is 3.34. The second-order valence-electron chi connectivity index (χ2n) is 4.94. The average Bonchev–Trinajstić information content (AvgIpc) is 2.51. The van der Waals surface area contributed by atoms with E-state index in [0.717, 1.165) is 30.2 Å². The molecule has 0 radical (unpaired) electrons. The van der Waals surface area contributed by atoms with Crippen LogP contribution in [0.3, 0.4) is 0 Å². The van der Waals surface area contributed by atoms with E-state index in [0.29, 0.717) is 0 Å². The molecule has 0 bridgehead atoms. The van der Waals surface area contributed by atoms with Crippen molar-refractivity contribution in [3.05, 3.63) is 54.1 Å². The van der Waals surface area contributed by atoms with Gasteiger partial charge in [-0.1, -0.05) is 6.92 Å². The Kier molecular flexibility index (Phi) is 5.28. The average molecular weight is 287 g/mol. The Balaban J connectivity index is 2.21. The van der Waals surface area contributed by atoms with Gasteiger partial charge in [-0.05, 0) is 56.8 Å². The van der Waals surface area contributed by atoms with Crippen molar-refractivity contribution < 1.29 is 4.39 Å². The number of aromatic nitrogens is 1. The van der Waals surface area contributed by atoms with E-state index in [2.05, 4.69) is 42.0 Å². The highest BCUT2D eigenvalue weighted by molar-refractivity contribution is 5.62. The summed E-state index contributed by atoms with van der Waals surface area (Å²) >= 11 is 0. The summed E-state index contributed by atoms with van der Waals surface area (Å²) < 4.78 is 13.0. The fourth-order valence-corrected chi connectivity index (χ4v) is 2.36. The van der Waals surface area contributed by atoms with Gasteiger partial charge in [0.05, 0.1) is 17.6 Å². The van der Waals surface area contributed by atoms with E-state index in [4.69, 9.17) is 0 Å². The summed E-state index contributed by atoms with van der Waals surface area (Å²) in [5.74, 6) is -0.220. The van der Waals surface area contributed by atoms with Crippen LogP contribution >= 0.6 is 0 Å². The minimum absolute atomic E-state index is 0.220. The van der Waals surface area contributed by atoms with E-state index >= 15 is 0 Å². The van der Waals surface area contributed by atoms with Gasteiger partial charge in [0.15, 0.2) is 0 Å². The standard InChI is InChI=1S/C17H22FN3/c1-4-19-13(3)17-11-10-16(12-20-17)21(5-2)15-8-6-14(18)7-9-15/h6-13,19H,4-5H2,1-3H3. The predicted molar refractivity (Wildman–Crippen MR) is 85.4 cm³/mol. The van der Waals surface area contributed by atoms with Crippen LogP contribution in [0.4, 0.5) is 15.8 Å². The second kappa shape index (κ2) is 7.18. The lowest BCUT2D eigenvalue weighted by atomic mass is 10.2. The summed E-state index contributed by atoms with van der Waals surface area (Å²) in [4.78, 5) is 6.64. The number of hydrogen-bond donors (Lipinski definition) is 1. The molecular weight excluding hydrogens is 265 g/mol. The zero-order chi connectivity index (χ0) is 15.2. The molecule has 21 heavy (non-hydrogen) atoms. The van der Waals surface area contributed by atoms with Gasteiger partial charge in [-0.25, -0.2) is 4.39 Å². The van der Waals surface area contributed by atoms with Crippen molar-refractivity contribution in [1.82, 2.24) is 10.3 Å². The molecular formula is C17H22FN3. The van der Waals surface area contributed by atoms with E-state index in [1.165, 1.54) is 12.1 Å². The Bertz CT molecular complexity index is 551. The highest BCUT2D eigenvalue weighted by Crippen LogP contribution is 2.25. The van der Waals surface area contributed by atoms with Gasteiger partial charge in [-0.3, -0.25) is 4.98 Å². The Labute approximate surface area is 125 Å². The number of nitrogens with one attached hydrogen (secondary N) is 1. The summed E-state index contributed by atoms with van der Waals surface area (Å²) in [6.45, 7) is 7.97. The van der Waals surface area contributed by atoms with Crippen LogP contribution in [0.15, 0.2) is 42.6 Å². The van der Waals surface area contributed by atoms with E-state index in [1.54, 1.807) is 12.1 Å². The molecule has 0 aliphatic carbocycles. The van der Waals surface area contributed by atoms with Crippen molar-refractivity contribution in [3.8, 4) is 0 Å². The summed E-state index contributed by atoms with van der Waals surface area (Å²) in [6, 6.07) is 10.9. The van der Waals surface area contributed by atoms with Crippen molar-refractivity contribution in [2.24, 2.45) is 0 Å². The SMILES string of the molecule is CCNC(C)c1ccc(N(CC)c2ccc(F)cc2)cn1. The quantitative estimate of drug-likeness (QED) is 0.868. The van der Waals surface area contributed by atoms with E-state index < -0.39 is 0 Å². The summed E-state index contributed by atoms with van der Waals surface area (Å²) in [7, 11) is 0. The van der Waals surface area contributed by atoms with Crippen LogP contribution in [0.25, 0.3) is 0 Å². The Hall–Kier alpha value is -1.94. The van der Waals surface area contributed by atoms with Crippen molar-refractivity contribution >= 4 is 11.4 Å². The van der Waals surface area contributed by atoms with Crippen LogP contribution in [-0.4, -0.2) is 18.1 Å². The predicted octanol–water partition coefficient (Wildman–Crippen LogP) is 4.05. The number of benzene rings is 1. The molecule has 0 fully saturated rings. The molecule has 0 aliphatic rings.